The van der Waals surface area contributed by atoms with Crippen molar-refractivity contribution in [3.05, 3.63) is 52.3 Å². The zero-order valence-electron chi connectivity index (χ0n) is 10.8. The molecule has 20 heavy (non-hydrogen) atoms. The number of aromatic nitrogens is 1. The number of rotatable bonds is 4. The van der Waals surface area contributed by atoms with Gasteiger partial charge in [0.05, 0.1) is 4.90 Å². The molecule has 1 heterocycles. The van der Waals surface area contributed by atoms with Crippen LogP contribution in [-0.2, 0) is 16.6 Å². The Morgan fingerprint density at radius 3 is 2.75 bits per heavy atom. The minimum atomic E-state index is -3.59. The number of anilines is 1. The van der Waals surface area contributed by atoms with Gasteiger partial charge in [-0.15, -0.1) is 0 Å². The van der Waals surface area contributed by atoms with Gasteiger partial charge in [-0.1, -0.05) is 0 Å². The predicted octanol–water partition coefficient (Wildman–Crippen LogP) is 2.21. The smallest absolute Gasteiger partial charge is 0.240 e. The minimum absolute atomic E-state index is 0.139. The number of halogens is 1. The van der Waals surface area contributed by atoms with Crippen LogP contribution in [0.15, 0.2) is 46.0 Å². The Morgan fingerprint density at radius 1 is 1.35 bits per heavy atom. The van der Waals surface area contributed by atoms with E-state index in [0.29, 0.717) is 10.2 Å². The van der Waals surface area contributed by atoms with Gasteiger partial charge in [-0.05, 0) is 58.2 Å². The third-order valence-electron chi connectivity index (χ3n) is 2.88. The van der Waals surface area contributed by atoms with Gasteiger partial charge in [-0.2, -0.15) is 0 Å². The molecule has 0 unspecified atom stereocenters. The summed E-state index contributed by atoms with van der Waals surface area (Å²) in [6, 6.07) is 6.36. The van der Waals surface area contributed by atoms with Crippen LogP contribution in [-0.4, -0.2) is 13.4 Å². The SMILES string of the molecule is Cc1ccncc1CNS(=O)(=O)c1ccc(Br)c(N)c1. The molecule has 7 heteroatoms. The third kappa shape index (κ3) is 3.36. The molecule has 0 aliphatic heterocycles. The summed E-state index contributed by atoms with van der Waals surface area (Å²) in [6.07, 6.45) is 3.32. The number of nitrogens with one attached hydrogen (secondary N) is 1. The van der Waals surface area contributed by atoms with Crippen molar-refractivity contribution >= 4 is 31.6 Å². The van der Waals surface area contributed by atoms with Crippen molar-refractivity contribution in [1.29, 1.82) is 0 Å². The first-order chi connectivity index (χ1) is 9.40. The summed E-state index contributed by atoms with van der Waals surface area (Å²) in [5, 5.41) is 0. The summed E-state index contributed by atoms with van der Waals surface area (Å²) in [6.45, 7) is 2.10. The van der Waals surface area contributed by atoms with Crippen LogP contribution in [0.4, 0.5) is 5.69 Å². The fourth-order valence-corrected chi connectivity index (χ4v) is 2.91. The minimum Gasteiger partial charge on any atom is -0.398 e. The van der Waals surface area contributed by atoms with E-state index in [1.807, 2.05) is 13.0 Å². The Labute approximate surface area is 126 Å². The maximum atomic E-state index is 12.2. The lowest BCUT2D eigenvalue weighted by Crippen LogP contribution is -2.23. The van der Waals surface area contributed by atoms with Gasteiger partial charge in [0.1, 0.15) is 0 Å². The Kier molecular flexibility index (Phi) is 4.42. The van der Waals surface area contributed by atoms with E-state index < -0.39 is 10.0 Å². The average molecular weight is 356 g/mol. The molecule has 0 aliphatic carbocycles. The molecule has 0 saturated carbocycles. The zero-order chi connectivity index (χ0) is 14.8. The first kappa shape index (κ1) is 15.0. The Bertz CT molecular complexity index is 732. The van der Waals surface area contributed by atoms with Gasteiger partial charge in [-0.25, -0.2) is 13.1 Å². The van der Waals surface area contributed by atoms with Crippen LogP contribution < -0.4 is 10.5 Å². The van der Waals surface area contributed by atoms with Crippen molar-refractivity contribution in [3.8, 4) is 0 Å². The highest BCUT2D eigenvalue weighted by Crippen LogP contribution is 2.22. The van der Waals surface area contributed by atoms with Gasteiger partial charge in [0, 0.05) is 29.1 Å². The maximum Gasteiger partial charge on any atom is 0.240 e. The first-order valence-electron chi connectivity index (χ1n) is 5.84. The van der Waals surface area contributed by atoms with Crippen LogP contribution in [0.25, 0.3) is 0 Å². The molecular weight excluding hydrogens is 342 g/mol. The van der Waals surface area contributed by atoms with E-state index in [0.717, 1.165) is 11.1 Å². The van der Waals surface area contributed by atoms with Crippen molar-refractivity contribution in [2.24, 2.45) is 0 Å². The van der Waals surface area contributed by atoms with Gasteiger partial charge in [0.2, 0.25) is 10.0 Å². The van der Waals surface area contributed by atoms with Crippen molar-refractivity contribution in [1.82, 2.24) is 9.71 Å². The Morgan fingerprint density at radius 2 is 2.10 bits per heavy atom. The van der Waals surface area contributed by atoms with Gasteiger partial charge in [0.15, 0.2) is 0 Å². The fourth-order valence-electron chi connectivity index (χ4n) is 1.63. The largest absolute Gasteiger partial charge is 0.398 e. The summed E-state index contributed by atoms with van der Waals surface area (Å²) >= 11 is 3.23. The summed E-state index contributed by atoms with van der Waals surface area (Å²) in [7, 11) is -3.59. The second-order valence-electron chi connectivity index (χ2n) is 4.31. The van der Waals surface area contributed by atoms with Crippen molar-refractivity contribution in [2.75, 3.05) is 5.73 Å². The van der Waals surface area contributed by atoms with E-state index >= 15 is 0 Å². The van der Waals surface area contributed by atoms with Gasteiger partial charge in [0.25, 0.3) is 0 Å². The quantitative estimate of drug-likeness (QED) is 0.823. The number of benzene rings is 1. The van der Waals surface area contributed by atoms with E-state index in [-0.39, 0.29) is 11.4 Å². The van der Waals surface area contributed by atoms with E-state index in [1.165, 1.54) is 12.1 Å². The molecule has 2 rings (SSSR count). The molecular formula is C13H14BrN3O2S. The summed E-state index contributed by atoms with van der Waals surface area (Å²) in [5.74, 6) is 0. The molecule has 0 saturated heterocycles. The van der Waals surface area contributed by atoms with E-state index in [4.69, 9.17) is 5.73 Å². The fraction of sp³-hybridized carbons (Fsp3) is 0.154. The Balaban J connectivity index is 2.19. The van der Waals surface area contributed by atoms with Gasteiger partial charge >= 0.3 is 0 Å². The summed E-state index contributed by atoms with van der Waals surface area (Å²) in [5.41, 5.74) is 7.90. The van der Waals surface area contributed by atoms with E-state index in [2.05, 4.69) is 25.6 Å². The van der Waals surface area contributed by atoms with E-state index in [9.17, 15) is 8.42 Å². The molecule has 1 aromatic carbocycles. The highest BCUT2D eigenvalue weighted by molar-refractivity contribution is 9.10. The lowest BCUT2D eigenvalue weighted by atomic mass is 10.2. The second-order valence-corrected chi connectivity index (χ2v) is 6.93. The Hall–Kier alpha value is -1.44. The van der Waals surface area contributed by atoms with Crippen molar-refractivity contribution in [3.63, 3.8) is 0 Å². The molecule has 0 atom stereocenters. The van der Waals surface area contributed by atoms with E-state index in [1.54, 1.807) is 18.5 Å². The zero-order valence-corrected chi connectivity index (χ0v) is 13.2. The van der Waals surface area contributed by atoms with Crippen LogP contribution >= 0.6 is 15.9 Å². The summed E-state index contributed by atoms with van der Waals surface area (Å²) < 4.78 is 27.6. The van der Waals surface area contributed by atoms with Crippen molar-refractivity contribution in [2.45, 2.75) is 18.4 Å². The number of nitrogens with zero attached hydrogens (tertiary/aromatic N) is 1. The van der Waals surface area contributed by atoms with Crippen LogP contribution in [0, 0.1) is 6.92 Å². The third-order valence-corrected chi connectivity index (χ3v) is 5.00. The molecule has 0 amide bonds. The molecule has 0 spiro atoms. The molecule has 5 nitrogen and oxygen atoms in total. The molecule has 2 aromatic rings. The first-order valence-corrected chi connectivity index (χ1v) is 8.12. The number of hydrogen-bond donors (Lipinski definition) is 2. The predicted molar refractivity (Wildman–Crippen MR) is 81.6 cm³/mol. The van der Waals surface area contributed by atoms with Crippen molar-refractivity contribution < 1.29 is 8.42 Å². The lowest BCUT2D eigenvalue weighted by molar-refractivity contribution is 0.581. The normalized spacial score (nSPS) is 11.5. The highest BCUT2D eigenvalue weighted by atomic mass is 79.9. The molecule has 1 aromatic heterocycles. The van der Waals surface area contributed by atoms with Crippen LogP contribution in [0.2, 0.25) is 0 Å². The van der Waals surface area contributed by atoms with Crippen LogP contribution in [0.5, 0.6) is 0 Å². The summed E-state index contributed by atoms with van der Waals surface area (Å²) in [4.78, 5) is 4.12. The highest BCUT2D eigenvalue weighted by Gasteiger charge is 2.15. The topological polar surface area (TPSA) is 85.1 Å². The molecule has 0 fully saturated rings. The number of sulfonamides is 1. The standard InChI is InChI=1S/C13H14BrN3O2S/c1-9-4-5-16-7-10(9)8-17-20(18,19)11-2-3-12(14)13(15)6-11/h2-7,17H,8,15H2,1H3. The molecule has 106 valence electrons. The molecule has 0 bridgehead atoms. The number of nitrogen functional groups attached to an aromatic ring is 1. The lowest BCUT2D eigenvalue weighted by Gasteiger charge is -2.09. The number of pyridine rings is 1. The van der Waals surface area contributed by atoms with Gasteiger partial charge < -0.3 is 5.73 Å². The molecule has 3 N–H and O–H groups in total. The number of aryl methyl sites for hydroxylation is 1. The number of nitrogens with two attached hydrogens (primary N) is 1. The van der Waals surface area contributed by atoms with Gasteiger partial charge in [-0.3, -0.25) is 4.98 Å². The monoisotopic (exact) mass is 355 g/mol. The van der Waals surface area contributed by atoms with Crippen LogP contribution in [0.1, 0.15) is 11.1 Å². The maximum absolute atomic E-state index is 12.2. The number of hydrogen-bond acceptors (Lipinski definition) is 4. The van der Waals surface area contributed by atoms with Crippen LogP contribution in [0.3, 0.4) is 0 Å². The molecule has 0 radical (unpaired) electrons. The average Bonchev–Trinajstić information content (AvgIpc) is 2.41. The molecule has 0 aliphatic rings. The second kappa shape index (κ2) is 5.90.